The second-order valence-electron chi connectivity index (χ2n) is 1.86. The van der Waals surface area contributed by atoms with Crippen molar-refractivity contribution in [3.05, 3.63) is 16.1 Å². The van der Waals surface area contributed by atoms with Crippen molar-refractivity contribution < 1.29 is 9.90 Å². The minimum Gasteiger partial charge on any atom is -0.477 e. The maximum atomic E-state index is 10.4. The molecule has 0 amide bonds. The fraction of sp³-hybridized carbons (Fsp3) is 0.333. The lowest BCUT2D eigenvalue weighted by Crippen LogP contribution is -1.89. The molecule has 0 fully saturated rings. The Morgan fingerprint density at radius 2 is 2.64 bits per heavy atom. The Labute approximate surface area is 72.5 Å². The first-order valence-electron chi connectivity index (χ1n) is 2.91. The van der Waals surface area contributed by atoms with Gasteiger partial charge in [-0.15, -0.1) is 11.3 Å². The van der Waals surface area contributed by atoms with Gasteiger partial charge in [0.2, 0.25) is 0 Å². The van der Waals surface area contributed by atoms with Gasteiger partial charge in [-0.05, 0) is 6.26 Å². The third-order valence-electron chi connectivity index (χ3n) is 1.03. The molecule has 0 radical (unpaired) electrons. The number of aromatic carboxylic acids is 1. The van der Waals surface area contributed by atoms with Crippen LogP contribution in [0.4, 0.5) is 0 Å². The lowest BCUT2D eigenvalue weighted by Gasteiger charge is -1.85. The summed E-state index contributed by atoms with van der Waals surface area (Å²) in [5.41, 5.74) is 0. The van der Waals surface area contributed by atoms with Crippen LogP contribution in [-0.2, 0) is 5.75 Å². The van der Waals surface area contributed by atoms with Gasteiger partial charge < -0.3 is 5.11 Å². The Hall–Kier alpha value is -0.550. The van der Waals surface area contributed by atoms with Crippen LogP contribution in [0.2, 0.25) is 0 Å². The highest BCUT2D eigenvalue weighted by molar-refractivity contribution is 7.97. The SMILES string of the molecule is CSCc1ncc(C(=O)O)s1. The molecule has 5 heteroatoms. The molecule has 0 saturated heterocycles. The molecule has 1 heterocycles. The molecule has 0 spiro atoms. The number of hydrogen-bond donors (Lipinski definition) is 1. The number of nitrogens with zero attached hydrogens (tertiary/aromatic N) is 1. The summed E-state index contributed by atoms with van der Waals surface area (Å²) in [5, 5.41) is 9.40. The minimum absolute atomic E-state index is 0.314. The standard InChI is InChI=1S/C6H7NO2S2/c1-10-3-5-7-2-4(11-5)6(8)9/h2H,3H2,1H3,(H,8,9). The number of thioether (sulfide) groups is 1. The zero-order chi connectivity index (χ0) is 8.27. The van der Waals surface area contributed by atoms with Crippen molar-refractivity contribution in [2.45, 2.75) is 5.75 Å². The van der Waals surface area contributed by atoms with Crippen molar-refractivity contribution in [1.82, 2.24) is 4.98 Å². The summed E-state index contributed by atoms with van der Waals surface area (Å²) in [6, 6.07) is 0. The summed E-state index contributed by atoms with van der Waals surface area (Å²) in [7, 11) is 0. The predicted molar refractivity (Wildman–Crippen MR) is 46.3 cm³/mol. The number of carbonyl (C=O) groups is 1. The first kappa shape index (κ1) is 8.55. The van der Waals surface area contributed by atoms with Crippen molar-refractivity contribution >= 4 is 29.1 Å². The second-order valence-corrected chi connectivity index (χ2v) is 3.84. The van der Waals surface area contributed by atoms with Crippen molar-refractivity contribution in [3.63, 3.8) is 0 Å². The van der Waals surface area contributed by atoms with E-state index < -0.39 is 5.97 Å². The van der Waals surface area contributed by atoms with Gasteiger partial charge >= 0.3 is 5.97 Å². The molecule has 0 bridgehead atoms. The van der Waals surface area contributed by atoms with Crippen LogP contribution < -0.4 is 0 Å². The predicted octanol–water partition coefficient (Wildman–Crippen LogP) is 1.70. The Balaban J connectivity index is 2.73. The molecule has 0 aliphatic carbocycles. The van der Waals surface area contributed by atoms with E-state index in [2.05, 4.69) is 4.98 Å². The average Bonchev–Trinajstić information content (AvgIpc) is 2.37. The molecule has 1 aromatic heterocycles. The summed E-state index contributed by atoms with van der Waals surface area (Å²) in [6.07, 6.45) is 3.36. The molecule has 60 valence electrons. The van der Waals surface area contributed by atoms with Gasteiger partial charge in [-0.2, -0.15) is 11.8 Å². The molecule has 1 rings (SSSR count). The molecule has 0 aliphatic rings. The van der Waals surface area contributed by atoms with E-state index in [0.717, 1.165) is 10.8 Å². The lowest BCUT2D eigenvalue weighted by atomic mass is 10.6. The van der Waals surface area contributed by atoms with Crippen LogP contribution in [0.25, 0.3) is 0 Å². The summed E-state index contributed by atoms with van der Waals surface area (Å²) in [5.74, 6) is -0.104. The maximum Gasteiger partial charge on any atom is 0.347 e. The van der Waals surface area contributed by atoms with Crippen LogP contribution in [0, 0.1) is 0 Å². The van der Waals surface area contributed by atoms with Gasteiger partial charge in [0.25, 0.3) is 0 Å². The molecule has 0 unspecified atom stereocenters. The van der Waals surface area contributed by atoms with E-state index in [4.69, 9.17) is 5.11 Å². The number of thiazole rings is 1. The van der Waals surface area contributed by atoms with Crippen LogP contribution >= 0.6 is 23.1 Å². The van der Waals surface area contributed by atoms with Gasteiger partial charge in [-0.3, -0.25) is 0 Å². The molecule has 0 aliphatic heterocycles. The summed E-state index contributed by atoms with van der Waals surface area (Å²) in [4.78, 5) is 14.6. The highest BCUT2D eigenvalue weighted by Crippen LogP contribution is 2.16. The number of rotatable bonds is 3. The van der Waals surface area contributed by atoms with Crippen molar-refractivity contribution in [1.29, 1.82) is 0 Å². The van der Waals surface area contributed by atoms with Crippen LogP contribution in [0.15, 0.2) is 6.20 Å². The zero-order valence-electron chi connectivity index (χ0n) is 5.90. The monoisotopic (exact) mass is 189 g/mol. The van der Waals surface area contributed by atoms with E-state index in [1.165, 1.54) is 17.5 Å². The van der Waals surface area contributed by atoms with E-state index in [9.17, 15) is 4.79 Å². The fourth-order valence-electron chi connectivity index (χ4n) is 0.599. The highest BCUT2D eigenvalue weighted by Gasteiger charge is 2.06. The normalized spacial score (nSPS) is 9.91. The Morgan fingerprint density at radius 1 is 1.91 bits per heavy atom. The van der Waals surface area contributed by atoms with Gasteiger partial charge in [0, 0.05) is 5.75 Å². The Kier molecular flexibility index (Phi) is 2.90. The molecule has 11 heavy (non-hydrogen) atoms. The smallest absolute Gasteiger partial charge is 0.347 e. The first-order chi connectivity index (χ1) is 5.24. The zero-order valence-corrected chi connectivity index (χ0v) is 7.54. The maximum absolute atomic E-state index is 10.4. The van der Waals surface area contributed by atoms with Gasteiger partial charge in [0.1, 0.15) is 9.88 Å². The first-order valence-corrected chi connectivity index (χ1v) is 5.12. The quantitative estimate of drug-likeness (QED) is 0.786. The van der Waals surface area contributed by atoms with E-state index in [-0.39, 0.29) is 0 Å². The summed E-state index contributed by atoms with van der Waals surface area (Å²) < 4.78 is 0. The third kappa shape index (κ3) is 2.20. The molecular weight excluding hydrogens is 182 g/mol. The second kappa shape index (κ2) is 3.73. The van der Waals surface area contributed by atoms with Crippen molar-refractivity contribution in [3.8, 4) is 0 Å². The third-order valence-corrected chi connectivity index (χ3v) is 2.76. The number of aromatic nitrogens is 1. The number of carboxylic acid groups (broad SMARTS) is 1. The van der Waals surface area contributed by atoms with Gasteiger partial charge in [-0.1, -0.05) is 0 Å². The summed E-state index contributed by atoms with van der Waals surface area (Å²) in [6.45, 7) is 0. The van der Waals surface area contributed by atoms with Crippen molar-refractivity contribution in [2.24, 2.45) is 0 Å². The van der Waals surface area contributed by atoms with E-state index in [1.807, 2.05) is 6.26 Å². The van der Waals surface area contributed by atoms with Crippen LogP contribution in [-0.4, -0.2) is 22.3 Å². The molecule has 1 aromatic rings. The van der Waals surface area contributed by atoms with Gasteiger partial charge in [0.15, 0.2) is 0 Å². The largest absolute Gasteiger partial charge is 0.477 e. The van der Waals surface area contributed by atoms with E-state index in [1.54, 1.807) is 11.8 Å². The molecule has 0 saturated carbocycles. The molecule has 1 N–H and O–H groups in total. The van der Waals surface area contributed by atoms with Gasteiger partial charge in [-0.25, -0.2) is 9.78 Å². The molecule has 0 atom stereocenters. The molecular formula is C6H7NO2S2. The number of carboxylic acids is 1. The summed E-state index contributed by atoms with van der Waals surface area (Å²) >= 11 is 2.87. The Bertz CT molecular complexity index is 259. The van der Waals surface area contributed by atoms with Crippen LogP contribution in [0.3, 0.4) is 0 Å². The number of hydrogen-bond acceptors (Lipinski definition) is 4. The average molecular weight is 189 g/mol. The van der Waals surface area contributed by atoms with E-state index >= 15 is 0 Å². The van der Waals surface area contributed by atoms with Crippen LogP contribution in [0.5, 0.6) is 0 Å². The topological polar surface area (TPSA) is 50.2 Å². The fourth-order valence-corrected chi connectivity index (χ4v) is 2.06. The van der Waals surface area contributed by atoms with E-state index in [0.29, 0.717) is 4.88 Å². The minimum atomic E-state index is -0.894. The molecule has 3 nitrogen and oxygen atoms in total. The van der Waals surface area contributed by atoms with Gasteiger partial charge in [0.05, 0.1) is 6.20 Å². The lowest BCUT2D eigenvalue weighted by molar-refractivity contribution is 0.0702. The Morgan fingerprint density at radius 3 is 3.09 bits per heavy atom. The van der Waals surface area contributed by atoms with Crippen molar-refractivity contribution in [2.75, 3.05) is 6.26 Å². The molecule has 0 aromatic carbocycles. The highest BCUT2D eigenvalue weighted by atomic mass is 32.2. The van der Waals surface area contributed by atoms with Crippen LogP contribution in [0.1, 0.15) is 14.7 Å².